The Labute approximate surface area is 231 Å². The Bertz CT molecular complexity index is 1410. The third-order valence-electron chi connectivity index (χ3n) is 6.20. The van der Waals surface area contributed by atoms with Gasteiger partial charge in [-0.05, 0) is 68.4 Å². The number of aryl methyl sites for hydroxylation is 1. The van der Waals surface area contributed by atoms with Crippen LogP contribution < -0.4 is 10.1 Å². The first-order chi connectivity index (χ1) is 18.7. The first-order valence-electron chi connectivity index (χ1n) is 12.6. The van der Waals surface area contributed by atoms with E-state index in [1.807, 2.05) is 25.1 Å². The molecular formula is C28H32FN3O5S2. The van der Waals surface area contributed by atoms with Crippen LogP contribution in [0.3, 0.4) is 0 Å². The first kappa shape index (κ1) is 29.1. The molecule has 0 amide bonds. The molecule has 39 heavy (non-hydrogen) atoms. The van der Waals surface area contributed by atoms with E-state index < -0.39 is 16.2 Å². The predicted octanol–water partition coefficient (Wildman–Crippen LogP) is 4.28. The van der Waals surface area contributed by atoms with E-state index in [1.54, 1.807) is 35.6 Å². The number of likely N-dealkylation sites (tertiary alicyclic amines) is 1. The minimum absolute atomic E-state index is 0.0666. The number of para-hydroxylation sites is 1. The summed E-state index contributed by atoms with van der Waals surface area (Å²) in [6.45, 7) is 5.23. The standard InChI is InChI=1S/C21H24FN3O2S.C7H8O3S/c22-15-5-7-18(8-6-15)27-14-17(26)13-25-10-9-16(12-25)23-11-21-24-19-3-1-2-4-20(19)28-21;1-6-2-4-7(5-3-6)11(8,9)10/h1-8,16-17,23,26H,9-14H2;2-5H,1H3,(H,8,9,10). The van der Waals surface area contributed by atoms with Gasteiger partial charge in [0.15, 0.2) is 0 Å². The van der Waals surface area contributed by atoms with Crippen molar-refractivity contribution in [3.63, 3.8) is 0 Å². The predicted molar refractivity (Wildman–Crippen MR) is 150 cm³/mol. The summed E-state index contributed by atoms with van der Waals surface area (Å²) in [5, 5.41) is 14.9. The summed E-state index contributed by atoms with van der Waals surface area (Å²) in [4.78, 5) is 6.84. The van der Waals surface area contributed by atoms with E-state index in [2.05, 4.69) is 21.3 Å². The lowest BCUT2D eigenvalue weighted by molar-refractivity contribution is 0.0751. The molecule has 208 valence electrons. The zero-order valence-electron chi connectivity index (χ0n) is 21.5. The van der Waals surface area contributed by atoms with E-state index in [4.69, 9.17) is 9.29 Å². The van der Waals surface area contributed by atoms with Crippen LogP contribution in [0.15, 0.2) is 77.7 Å². The molecule has 2 atom stereocenters. The molecule has 0 bridgehead atoms. The number of fused-ring (bicyclic) bond motifs is 1. The quantitative estimate of drug-likeness (QED) is 0.255. The molecule has 1 saturated heterocycles. The molecule has 0 saturated carbocycles. The van der Waals surface area contributed by atoms with Crippen LogP contribution in [0.25, 0.3) is 10.2 Å². The van der Waals surface area contributed by atoms with Gasteiger partial charge in [0.2, 0.25) is 0 Å². The van der Waals surface area contributed by atoms with Gasteiger partial charge in [0.25, 0.3) is 10.1 Å². The highest BCUT2D eigenvalue weighted by Crippen LogP contribution is 2.22. The highest BCUT2D eigenvalue weighted by molar-refractivity contribution is 7.85. The second-order valence-corrected chi connectivity index (χ2v) is 11.9. The van der Waals surface area contributed by atoms with Gasteiger partial charge < -0.3 is 15.2 Å². The zero-order chi connectivity index (χ0) is 27.8. The van der Waals surface area contributed by atoms with E-state index >= 15 is 0 Å². The third-order valence-corrected chi connectivity index (χ3v) is 8.10. The van der Waals surface area contributed by atoms with Crippen molar-refractivity contribution in [3.05, 3.63) is 89.2 Å². The number of hydrogen-bond donors (Lipinski definition) is 3. The lowest BCUT2D eigenvalue weighted by Gasteiger charge is -2.20. The second kappa shape index (κ2) is 13.4. The number of nitrogens with zero attached hydrogens (tertiary/aromatic N) is 2. The van der Waals surface area contributed by atoms with Gasteiger partial charge in [-0.2, -0.15) is 8.42 Å². The number of hydrogen-bond acceptors (Lipinski definition) is 8. The van der Waals surface area contributed by atoms with Crippen molar-refractivity contribution in [1.82, 2.24) is 15.2 Å². The van der Waals surface area contributed by atoms with Gasteiger partial charge in [-0.3, -0.25) is 9.45 Å². The first-order valence-corrected chi connectivity index (χ1v) is 14.8. The number of aromatic nitrogens is 1. The van der Waals surface area contributed by atoms with Crippen LogP contribution in [-0.4, -0.2) is 66.3 Å². The Morgan fingerprint density at radius 2 is 1.85 bits per heavy atom. The summed E-state index contributed by atoms with van der Waals surface area (Å²) in [5.41, 5.74) is 2.01. The number of aliphatic hydroxyl groups is 1. The number of halogens is 1. The van der Waals surface area contributed by atoms with Crippen LogP contribution in [0.4, 0.5) is 4.39 Å². The molecular weight excluding hydrogens is 541 g/mol. The number of thiazole rings is 1. The molecule has 1 aromatic heterocycles. The minimum Gasteiger partial charge on any atom is -0.491 e. The van der Waals surface area contributed by atoms with E-state index in [0.29, 0.717) is 18.3 Å². The average Bonchev–Trinajstić information content (AvgIpc) is 3.53. The van der Waals surface area contributed by atoms with Crippen LogP contribution in [0.2, 0.25) is 0 Å². The van der Waals surface area contributed by atoms with E-state index in [-0.39, 0.29) is 17.3 Å². The van der Waals surface area contributed by atoms with Crippen molar-refractivity contribution >= 4 is 31.7 Å². The number of nitrogens with one attached hydrogen (secondary N) is 1. The van der Waals surface area contributed by atoms with E-state index in [1.165, 1.54) is 29.0 Å². The van der Waals surface area contributed by atoms with Crippen LogP contribution in [0, 0.1) is 12.7 Å². The maximum Gasteiger partial charge on any atom is 0.294 e. The zero-order valence-corrected chi connectivity index (χ0v) is 23.2. The Morgan fingerprint density at radius 1 is 1.13 bits per heavy atom. The Balaban J connectivity index is 0.000000270. The number of benzene rings is 3. The van der Waals surface area contributed by atoms with Crippen molar-refractivity contribution in [1.29, 1.82) is 0 Å². The fourth-order valence-electron chi connectivity index (χ4n) is 4.18. The molecule has 0 aliphatic carbocycles. The molecule has 11 heteroatoms. The maximum atomic E-state index is 12.9. The van der Waals surface area contributed by atoms with Gasteiger partial charge in [0.05, 0.1) is 15.1 Å². The van der Waals surface area contributed by atoms with Gasteiger partial charge in [-0.15, -0.1) is 11.3 Å². The minimum atomic E-state index is -4.02. The second-order valence-electron chi connectivity index (χ2n) is 9.41. The summed E-state index contributed by atoms with van der Waals surface area (Å²) in [5.74, 6) is 0.270. The number of aliphatic hydroxyl groups excluding tert-OH is 1. The van der Waals surface area contributed by atoms with Gasteiger partial charge in [0.1, 0.15) is 29.3 Å². The SMILES string of the molecule is Cc1ccc(S(=O)(=O)O)cc1.OC(COc1ccc(F)cc1)CN1CCC(NCc2nc3ccccc3s2)C1. The molecule has 3 aromatic carbocycles. The molecule has 0 radical (unpaired) electrons. The normalized spacial score (nSPS) is 16.6. The molecule has 2 unspecified atom stereocenters. The van der Waals surface area contributed by atoms with Crippen molar-refractivity contribution < 1.29 is 27.2 Å². The molecule has 1 aliphatic rings. The van der Waals surface area contributed by atoms with Gasteiger partial charge in [-0.1, -0.05) is 29.8 Å². The lowest BCUT2D eigenvalue weighted by atomic mass is 10.2. The highest BCUT2D eigenvalue weighted by atomic mass is 32.2. The fourth-order valence-corrected chi connectivity index (χ4v) is 5.57. The molecule has 8 nitrogen and oxygen atoms in total. The van der Waals surface area contributed by atoms with Crippen molar-refractivity contribution in [2.45, 2.75) is 36.9 Å². The van der Waals surface area contributed by atoms with Crippen molar-refractivity contribution in [3.8, 4) is 5.75 Å². The summed E-state index contributed by atoms with van der Waals surface area (Å²) >= 11 is 1.73. The average molecular weight is 574 g/mol. The van der Waals surface area contributed by atoms with E-state index in [9.17, 15) is 17.9 Å². The molecule has 3 N–H and O–H groups in total. The number of rotatable bonds is 9. The summed E-state index contributed by atoms with van der Waals surface area (Å²) in [6.07, 6.45) is 0.476. The Morgan fingerprint density at radius 3 is 2.54 bits per heavy atom. The topological polar surface area (TPSA) is 112 Å². The smallest absolute Gasteiger partial charge is 0.294 e. The number of ether oxygens (including phenoxy) is 1. The van der Waals surface area contributed by atoms with Crippen molar-refractivity contribution in [2.24, 2.45) is 0 Å². The van der Waals surface area contributed by atoms with Gasteiger partial charge in [-0.25, -0.2) is 9.37 Å². The largest absolute Gasteiger partial charge is 0.491 e. The molecule has 1 aliphatic heterocycles. The van der Waals surface area contributed by atoms with Crippen LogP contribution in [-0.2, 0) is 16.7 Å². The van der Waals surface area contributed by atoms with Gasteiger partial charge in [0, 0.05) is 25.7 Å². The molecule has 2 heterocycles. The highest BCUT2D eigenvalue weighted by Gasteiger charge is 2.24. The van der Waals surface area contributed by atoms with E-state index in [0.717, 1.165) is 42.1 Å². The monoisotopic (exact) mass is 573 g/mol. The third kappa shape index (κ3) is 9.06. The molecule has 4 aromatic rings. The molecule has 5 rings (SSSR count). The Kier molecular flexibility index (Phi) is 10.0. The number of β-amino-alcohol motifs (C(OH)–C–C–N with tert-alkyl or cyclic N) is 1. The maximum absolute atomic E-state index is 12.9. The molecule has 0 spiro atoms. The van der Waals surface area contributed by atoms with Crippen molar-refractivity contribution in [2.75, 3.05) is 26.2 Å². The Hall–Kier alpha value is -2.93. The molecule has 1 fully saturated rings. The summed E-state index contributed by atoms with van der Waals surface area (Å²) in [7, 11) is -4.02. The van der Waals surface area contributed by atoms with Crippen LogP contribution in [0.5, 0.6) is 5.75 Å². The summed E-state index contributed by atoms with van der Waals surface area (Å²) < 4.78 is 49.2. The van der Waals surface area contributed by atoms with Crippen LogP contribution >= 0.6 is 11.3 Å². The lowest BCUT2D eigenvalue weighted by Crippen LogP contribution is -2.37. The summed E-state index contributed by atoms with van der Waals surface area (Å²) in [6, 6.07) is 20.4. The van der Waals surface area contributed by atoms with Crippen LogP contribution in [0.1, 0.15) is 17.0 Å². The van der Waals surface area contributed by atoms with Gasteiger partial charge >= 0.3 is 0 Å². The fraction of sp³-hybridized carbons (Fsp3) is 0.321.